The molecule has 1 saturated carbocycles. The summed E-state index contributed by atoms with van der Waals surface area (Å²) in [5.41, 5.74) is 2.35. The van der Waals surface area contributed by atoms with Gasteiger partial charge < -0.3 is 9.64 Å². The topological polar surface area (TPSA) is 29.5 Å². The van der Waals surface area contributed by atoms with Crippen molar-refractivity contribution < 1.29 is 9.53 Å². The molecule has 0 N–H and O–H groups in total. The lowest BCUT2D eigenvalue weighted by Gasteiger charge is -2.52. The summed E-state index contributed by atoms with van der Waals surface area (Å²) in [6.45, 7) is 2.28. The molecule has 1 amide bonds. The lowest BCUT2D eigenvalue weighted by molar-refractivity contribution is -0.117. The van der Waals surface area contributed by atoms with Crippen LogP contribution in [-0.4, -0.2) is 23.9 Å². The van der Waals surface area contributed by atoms with Crippen LogP contribution in [0.4, 0.5) is 5.69 Å². The first-order valence-electron chi connectivity index (χ1n) is 8.18. The van der Waals surface area contributed by atoms with Crippen molar-refractivity contribution in [3.05, 3.63) is 23.8 Å². The summed E-state index contributed by atoms with van der Waals surface area (Å²) in [5, 5.41) is 0.384. The highest BCUT2D eigenvalue weighted by Crippen LogP contribution is 2.50. The van der Waals surface area contributed by atoms with Crippen LogP contribution in [0.1, 0.15) is 56.9 Å². The summed E-state index contributed by atoms with van der Waals surface area (Å²) in [4.78, 5) is 14.8. The zero-order valence-corrected chi connectivity index (χ0v) is 15.0. The Morgan fingerprint density at radius 1 is 1.36 bits per heavy atom. The summed E-state index contributed by atoms with van der Waals surface area (Å²) in [6.07, 6.45) is 7.06. The lowest BCUT2D eigenvalue weighted by Crippen LogP contribution is -2.56. The average Bonchev–Trinajstić information content (AvgIpc) is 2.55. The van der Waals surface area contributed by atoms with Gasteiger partial charge in [-0.15, -0.1) is 0 Å². The first-order valence-corrected chi connectivity index (χ1v) is 9.30. The van der Waals surface area contributed by atoms with Crippen LogP contribution in [0.3, 0.4) is 0 Å². The highest BCUT2D eigenvalue weighted by molar-refractivity contribution is 9.09. The Kier molecular flexibility index (Phi) is 4.49. The van der Waals surface area contributed by atoms with Crippen molar-refractivity contribution in [1.29, 1.82) is 0 Å². The van der Waals surface area contributed by atoms with Crippen molar-refractivity contribution in [3.63, 3.8) is 0 Å². The molecule has 120 valence electrons. The minimum atomic E-state index is 0.0180. The third kappa shape index (κ3) is 2.55. The van der Waals surface area contributed by atoms with Gasteiger partial charge in [-0.1, -0.05) is 42.1 Å². The quantitative estimate of drug-likeness (QED) is 0.714. The van der Waals surface area contributed by atoms with Crippen LogP contribution in [0.15, 0.2) is 18.2 Å². The Morgan fingerprint density at radius 2 is 2.09 bits per heavy atom. The molecule has 0 aromatic heterocycles. The summed E-state index contributed by atoms with van der Waals surface area (Å²) >= 11 is 3.38. The Bertz CT molecular complexity index is 566. The van der Waals surface area contributed by atoms with Crippen LogP contribution in [0.2, 0.25) is 0 Å². The van der Waals surface area contributed by atoms with Gasteiger partial charge in [-0.2, -0.15) is 0 Å². The zero-order chi connectivity index (χ0) is 15.7. The standard InChI is InChI=1S/C18H24BrNO2/c1-13-11-18(8-4-3-5-9-18)20(17(21)12-19)16-7-6-14(22-2)10-15(13)16/h6-7,10,13H,3-5,8-9,11-12H2,1-2H3. The summed E-state index contributed by atoms with van der Waals surface area (Å²) in [5.74, 6) is 1.51. The molecule has 0 saturated heterocycles. The SMILES string of the molecule is COc1ccc2c(c1)C(C)CC1(CCCCC1)N2C(=O)CBr. The first kappa shape index (κ1) is 15.9. The molecule has 22 heavy (non-hydrogen) atoms. The maximum absolute atomic E-state index is 12.7. The molecule has 1 aromatic carbocycles. The minimum Gasteiger partial charge on any atom is -0.497 e. The van der Waals surface area contributed by atoms with Crippen LogP contribution in [0.5, 0.6) is 5.75 Å². The second-order valence-electron chi connectivity index (χ2n) is 6.68. The Morgan fingerprint density at radius 3 is 2.73 bits per heavy atom. The fourth-order valence-electron chi connectivity index (χ4n) is 4.38. The van der Waals surface area contributed by atoms with Gasteiger partial charge in [0, 0.05) is 11.2 Å². The number of amides is 1. The van der Waals surface area contributed by atoms with Crippen molar-refractivity contribution in [2.75, 3.05) is 17.3 Å². The predicted octanol–water partition coefficient (Wildman–Crippen LogP) is 4.63. The van der Waals surface area contributed by atoms with Gasteiger partial charge in [0.1, 0.15) is 5.75 Å². The molecule has 2 aliphatic rings. The molecule has 1 heterocycles. The van der Waals surface area contributed by atoms with E-state index in [1.807, 2.05) is 6.07 Å². The number of hydrogen-bond acceptors (Lipinski definition) is 2. The third-order valence-corrected chi connectivity index (χ3v) is 5.79. The molecule has 1 fully saturated rings. The second-order valence-corrected chi connectivity index (χ2v) is 7.24. The average molecular weight is 366 g/mol. The fourth-order valence-corrected chi connectivity index (χ4v) is 4.63. The van der Waals surface area contributed by atoms with Gasteiger partial charge >= 0.3 is 0 Å². The van der Waals surface area contributed by atoms with Gasteiger partial charge in [0.25, 0.3) is 0 Å². The number of benzene rings is 1. The number of rotatable bonds is 2. The predicted molar refractivity (Wildman–Crippen MR) is 93.1 cm³/mol. The molecule has 4 heteroatoms. The van der Waals surface area contributed by atoms with E-state index in [0.29, 0.717) is 11.2 Å². The fraction of sp³-hybridized carbons (Fsp3) is 0.611. The van der Waals surface area contributed by atoms with Gasteiger partial charge in [-0.05, 0) is 48.9 Å². The van der Waals surface area contributed by atoms with E-state index in [2.05, 4.69) is 39.9 Å². The van der Waals surface area contributed by atoms with E-state index < -0.39 is 0 Å². The Balaban J connectivity index is 2.10. The molecular weight excluding hydrogens is 342 g/mol. The molecule has 1 spiro atoms. The van der Waals surface area contributed by atoms with Crippen molar-refractivity contribution in [2.24, 2.45) is 0 Å². The maximum Gasteiger partial charge on any atom is 0.238 e. The number of anilines is 1. The van der Waals surface area contributed by atoms with Gasteiger partial charge in [-0.3, -0.25) is 4.79 Å². The van der Waals surface area contributed by atoms with Crippen molar-refractivity contribution >= 4 is 27.5 Å². The van der Waals surface area contributed by atoms with Gasteiger partial charge in [0.05, 0.1) is 12.4 Å². The highest BCUT2D eigenvalue weighted by atomic mass is 79.9. The number of carbonyl (C=O) groups excluding carboxylic acids is 1. The molecule has 3 rings (SSSR count). The Labute approximate surface area is 141 Å². The van der Waals surface area contributed by atoms with Crippen molar-refractivity contribution in [1.82, 2.24) is 0 Å². The van der Waals surface area contributed by atoms with E-state index in [1.165, 1.54) is 24.8 Å². The zero-order valence-electron chi connectivity index (χ0n) is 13.4. The van der Waals surface area contributed by atoms with E-state index in [9.17, 15) is 4.79 Å². The number of carbonyl (C=O) groups is 1. The molecule has 3 nitrogen and oxygen atoms in total. The van der Waals surface area contributed by atoms with E-state index in [-0.39, 0.29) is 11.4 Å². The molecule has 1 atom stereocenters. The van der Waals surface area contributed by atoms with Crippen LogP contribution in [0.25, 0.3) is 0 Å². The number of nitrogens with zero attached hydrogens (tertiary/aromatic N) is 1. The summed E-state index contributed by atoms with van der Waals surface area (Å²) in [6, 6.07) is 6.15. The lowest BCUT2D eigenvalue weighted by atomic mass is 9.70. The molecule has 1 aromatic rings. The van der Waals surface area contributed by atoms with Gasteiger partial charge in [0.2, 0.25) is 5.91 Å². The van der Waals surface area contributed by atoms with E-state index in [1.54, 1.807) is 7.11 Å². The first-order chi connectivity index (χ1) is 10.6. The smallest absolute Gasteiger partial charge is 0.238 e. The number of methoxy groups -OCH3 is 1. The minimum absolute atomic E-state index is 0.0180. The van der Waals surface area contributed by atoms with E-state index in [4.69, 9.17) is 4.74 Å². The van der Waals surface area contributed by atoms with Crippen LogP contribution < -0.4 is 9.64 Å². The molecule has 0 radical (unpaired) electrons. The van der Waals surface area contributed by atoms with Crippen LogP contribution in [-0.2, 0) is 4.79 Å². The van der Waals surface area contributed by atoms with Crippen LogP contribution >= 0.6 is 15.9 Å². The summed E-state index contributed by atoms with van der Waals surface area (Å²) < 4.78 is 5.37. The van der Waals surface area contributed by atoms with E-state index >= 15 is 0 Å². The third-order valence-electron chi connectivity index (χ3n) is 5.31. The van der Waals surface area contributed by atoms with Crippen LogP contribution in [0, 0.1) is 0 Å². The Hall–Kier alpha value is -1.03. The largest absolute Gasteiger partial charge is 0.497 e. The summed E-state index contributed by atoms with van der Waals surface area (Å²) in [7, 11) is 1.69. The number of fused-ring (bicyclic) bond motifs is 1. The van der Waals surface area contributed by atoms with Gasteiger partial charge in [0.15, 0.2) is 0 Å². The van der Waals surface area contributed by atoms with Crippen molar-refractivity contribution in [3.8, 4) is 5.75 Å². The van der Waals surface area contributed by atoms with E-state index in [0.717, 1.165) is 30.7 Å². The molecule has 1 unspecified atom stereocenters. The monoisotopic (exact) mass is 365 g/mol. The number of alkyl halides is 1. The number of hydrogen-bond donors (Lipinski definition) is 0. The maximum atomic E-state index is 12.7. The molecule has 0 bridgehead atoms. The number of ether oxygens (including phenoxy) is 1. The molecule has 1 aliphatic heterocycles. The molecular formula is C18H24BrNO2. The number of halogens is 1. The van der Waals surface area contributed by atoms with Gasteiger partial charge in [-0.25, -0.2) is 0 Å². The highest BCUT2D eigenvalue weighted by Gasteiger charge is 2.46. The second kappa shape index (κ2) is 6.23. The normalized spacial score (nSPS) is 23.2. The molecule has 1 aliphatic carbocycles. The van der Waals surface area contributed by atoms with Crippen molar-refractivity contribution in [2.45, 2.75) is 56.9 Å².